The predicted octanol–water partition coefficient (Wildman–Crippen LogP) is 2.30. The van der Waals surface area contributed by atoms with E-state index in [4.69, 9.17) is 4.42 Å². The summed E-state index contributed by atoms with van der Waals surface area (Å²) in [6.45, 7) is 7.17. The lowest BCUT2D eigenvalue weighted by Crippen LogP contribution is -2.45. The summed E-state index contributed by atoms with van der Waals surface area (Å²) >= 11 is 0. The van der Waals surface area contributed by atoms with Crippen molar-refractivity contribution in [2.75, 3.05) is 13.1 Å². The summed E-state index contributed by atoms with van der Waals surface area (Å²) in [4.78, 5) is 18.6. The molecule has 3 rings (SSSR count). The number of aryl methyl sites for hydroxylation is 1. The Bertz CT molecular complexity index is 671. The molecule has 2 atom stereocenters. The number of urea groups is 1. The van der Waals surface area contributed by atoms with E-state index in [2.05, 4.69) is 51.7 Å². The number of amides is 2. The summed E-state index contributed by atoms with van der Waals surface area (Å²) in [6.07, 6.45) is 1.39. The average molecular weight is 328 g/mol. The van der Waals surface area contributed by atoms with Gasteiger partial charge in [0.25, 0.3) is 0 Å². The summed E-state index contributed by atoms with van der Waals surface area (Å²) in [5, 5.41) is 5.92. The van der Waals surface area contributed by atoms with Crippen LogP contribution in [-0.4, -0.2) is 35.0 Å². The molecule has 2 N–H and O–H groups in total. The van der Waals surface area contributed by atoms with Gasteiger partial charge in [0.1, 0.15) is 11.5 Å². The van der Waals surface area contributed by atoms with Crippen molar-refractivity contribution in [1.82, 2.24) is 20.5 Å². The molecule has 2 amide bonds. The molecule has 0 saturated carbocycles. The minimum Gasteiger partial charge on any atom is -0.448 e. The van der Waals surface area contributed by atoms with Gasteiger partial charge in [-0.05, 0) is 18.4 Å². The van der Waals surface area contributed by atoms with Gasteiger partial charge in [-0.2, -0.15) is 0 Å². The highest BCUT2D eigenvalue weighted by molar-refractivity contribution is 5.74. The highest BCUT2D eigenvalue weighted by atomic mass is 16.3. The lowest BCUT2D eigenvalue weighted by Gasteiger charge is -2.17. The van der Waals surface area contributed by atoms with E-state index in [9.17, 15) is 4.79 Å². The number of nitrogens with one attached hydrogen (secondary N) is 2. The van der Waals surface area contributed by atoms with E-state index in [0.717, 1.165) is 31.1 Å². The maximum atomic E-state index is 12.1. The highest BCUT2D eigenvalue weighted by Crippen LogP contribution is 2.18. The topological polar surface area (TPSA) is 70.4 Å². The number of nitrogens with zero attached hydrogens (tertiary/aromatic N) is 2. The van der Waals surface area contributed by atoms with E-state index in [1.165, 1.54) is 12.0 Å². The Hall–Kier alpha value is -2.34. The third-order valence-corrected chi connectivity index (χ3v) is 4.51. The molecule has 128 valence electrons. The van der Waals surface area contributed by atoms with Crippen LogP contribution in [0.15, 0.2) is 41.1 Å². The molecule has 0 radical (unpaired) electrons. The van der Waals surface area contributed by atoms with Crippen LogP contribution in [-0.2, 0) is 13.1 Å². The van der Waals surface area contributed by atoms with Crippen molar-refractivity contribution in [2.24, 2.45) is 5.92 Å². The largest absolute Gasteiger partial charge is 0.448 e. The standard InChI is InChI=1S/C18H24N4O2/c1-13-9-22(10-15-6-4-3-5-7-15)11-17(13)21-18(23)19-8-16-14(2)24-12-20-16/h3-7,12-13,17H,8-11H2,1-2H3,(H2,19,21,23)/t13-,17+/m1/s1. The summed E-state index contributed by atoms with van der Waals surface area (Å²) in [7, 11) is 0. The van der Waals surface area contributed by atoms with Gasteiger partial charge in [0.15, 0.2) is 6.39 Å². The van der Waals surface area contributed by atoms with Crippen LogP contribution in [0, 0.1) is 12.8 Å². The second kappa shape index (κ2) is 7.49. The Morgan fingerprint density at radius 3 is 2.83 bits per heavy atom. The van der Waals surface area contributed by atoms with Gasteiger partial charge in [-0.25, -0.2) is 9.78 Å². The van der Waals surface area contributed by atoms with E-state index in [1.807, 2.05) is 13.0 Å². The Morgan fingerprint density at radius 1 is 1.33 bits per heavy atom. The summed E-state index contributed by atoms with van der Waals surface area (Å²) < 4.78 is 5.13. The zero-order valence-electron chi connectivity index (χ0n) is 14.2. The van der Waals surface area contributed by atoms with Crippen molar-refractivity contribution >= 4 is 6.03 Å². The van der Waals surface area contributed by atoms with Crippen molar-refractivity contribution in [3.8, 4) is 0 Å². The van der Waals surface area contributed by atoms with E-state index >= 15 is 0 Å². The van der Waals surface area contributed by atoms with Crippen molar-refractivity contribution in [3.05, 3.63) is 53.7 Å². The Balaban J connectivity index is 1.46. The smallest absolute Gasteiger partial charge is 0.315 e. The number of rotatable bonds is 5. The molecule has 0 unspecified atom stereocenters. The molecule has 1 aromatic heterocycles. The first-order chi connectivity index (χ1) is 11.6. The molecular weight excluding hydrogens is 304 g/mol. The summed E-state index contributed by atoms with van der Waals surface area (Å²) in [6, 6.07) is 10.4. The van der Waals surface area contributed by atoms with Crippen molar-refractivity contribution in [1.29, 1.82) is 0 Å². The minimum absolute atomic E-state index is 0.157. The van der Waals surface area contributed by atoms with Crippen LogP contribution in [0.5, 0.6) is 0 Å². The molecule has 24 heavy (non-hydrogen) atoms. The third-order valence-electron chi connectivity index (χ3n) is 4.51. The van der Waals surface area contributed by atoms with Gasteiger partial charge in [0.05, 0.1) is 6.54 Å². The van der Waals surface area contributed by atoms with Crippen LogP contribution in [0.1, 0.15) is 23.9 Å². The molecule has 1 aromatic carbocycles. The first-order valence-electron chi connectivity index (χ1n) is 8.31. The lowest BCUT2D eigenvalue weighted by atomic mass is 10.1. The van der Waals surface area contributed by atoms with Crippen molar-refractivity contribution in [2.45, 2.75) is 33.0 Å². The van der Waals surface area contributed by atoms with Crippen molar-refractivity contribution < 1.29 is 9.21 Å². The molecular formula is C18H24N4O2. The van der Waals surface area contributed by atoms with Crippen LogP contribution in [0.3, 0.4) is 0 Å². The second-order valence-corrected chi connectivity index (χ2v) is 6.45. The molecule has 0 spiro atoms. The molecule has 0 bridgehead atoms. The number of aromatic nitrogens is 1. The Labute approximate surface area is 142 Å². The Kier molecular flexibility index (Phi) is 5.15. The number of carbonyl (C=O) groups is 1. The van der Waals surface area contributed by atoms with Crippen LogP contribution in [0.2, 0.25) is 0 Å². The first-order valence-corrected chi connectivity index (χ1v) is 8.31. The zero-order valence-corrected chi connectivity index (χ0v) is 14.2. The van der Waals surface area contributed by atoms with E-state index in [-0.39, 0.29) is 12.1 Å². The second-order valence-electron chi connectivity index (χ2n) is 6.45. The molecule has 2 aromatic rings. The molecule has 1 saturated heterocycles. The molecule has 1 aliphatic rings. The molecule has 2 heterocycles. The van der Waals surface area contributed by atoms with E-state index < -0.39 is 0 Å². The highest BCUT2D eigenvalue weighted by Gasteiger charge is 2.30. The number of hydrogen-bond donors (Lipinski definition) is 2. The summed E-state index contributed by atoms with van der Waals surface area (Å²) in [5.74, 6) is 1.16. The van der Waals surface area contributed by atoms with Gasteiger partial charge in [0, 0.05) is 25.7 Å². The molecule has 1 aliphatic heterocycles. The fourth-order valence-corrected chi connectivity index (χ4v) is 3.11. The number of hydrogen-bond acceptors (Lipinski definition) is 4. The zero-order chi connectivity index (χ0) is 16.9. The normalized spacial score (nSPS) is 20.9. The fourth-order valence-electron chi connectivity index (χ4n) is 3.11. The number of likely N-dealkylation sites (tertiary alicyclic amines) is 1. The number of carbonyl (C=O) groups excluding carboxylic acids is 1. The van der Waals surface area contributed by atoms with Crippen molar-refractivity contribution in [3.63, 3.8) is 0 Å². The summed E-state index contributed by atoms with van der Waals surface area (Å²) in [5.41, 5.74) is 2.06. The van der Waals surface area contributed by atoms with Gasteiger partial charge in [-0.1, -0.05) is 37.3 Å². The average Bonchev–Trinajstić information content (AvgIpc) is 3.12. The molecule has 6 nitrogen and oxygen atoms in total. The maximum absolute atomic E-state index is 12.1. The van der Waals surface area contributed by atoms with Crippen LogP contribution < -0.4 is 10.6 Å². The SMILES string of the molecule is Cc1ocnc1CNC(=O)N[C@H]1CN(Cc2ccccc2)C[C@H]1C. The molecule has 6 heteroatoms. The molecule has 1 fully saturated rings. The van der Waals surface area contributed by atoms with Gasteiger partial charge in [0.2, 0.25) is 0 Å². The number of oxazole rings is 1. The van der Waals surface area contributed by atoms with Gasteiger partial charge < -0.3 is 15.1 Å². The quantitative estimate of drug-likeness (QED) is 0.883. The van der Waals surface area contributed by atoms with Crippen LogP contribution in [0.4, 0.5) is 4.79 Å². The van der Waals surface area contributed by atoms with E-state index in [0.29, 0.717) is 12.5 Å². The first kappa shape index (κ1) is 16.5. The minimum atomic E-state index is -0.157. The fraction of sp³-hybridized carbons (Fsp3) is 0.444. The van der Waals surface area contributed by atoms with Gasteiger partial charge >= 0.3 is 6.03 Å². The van der Waals surface area contributed by atoms with E-state index in [1.54, 1.807) is 0 Å². The predicted molar refractivity (Wildman–Crippen MR) is 91.3 cm³/mol. The van der Waals surface area contributed by atoms with Gasteiger partial charge in [-0.15, -0.1) is 0 Å². The van der Waals surface area contributed by atoms with Crippen LogP contribution >= 0.6 is 0 Å². The third kappa shape index (κ3) is 4.14. The van der Waals surface area contributed by atoms with Crippen LogP contribution in [0.25, 0.3) is 0 Å². The Morgan fingerprint density at radius 2 is 2.12 bits per heavy atom. The number of benzene rings is 1. The lowest BCUT2D eigenvalue weighted by molar-refractivity contribution is 0.234. The maximum Gasteiger partial charge on any atom is 0.315 e. The van der Waals surface area contributed by atoms with Gasteiger partial charge in [-0.3, -0.25) is 4.90 Å². The monoisotopic (exact) mass is 328 g/mol. The molecule has 0 aliphatic carbocycles.